The minimum atomic E-state index is 0.462. The van der Waals surface area contributed by atoms with Gasteiger partial charge in [0.2, 0.25) is 0 Å². The lowest BCUT2D eigenvalue weighted by Crippen LogP contribution is -2.20. The number of hydrogen-bond donors (Lipinski definition) is 1. The third kappa shape index (κ3) is 3.61. The maximum absolute atomic E-state index is 4.07. The average molecular weight is 246 g/mol. The Morgan fingerprint density at radius 1 is 1.22 bits per heavy atom. The number of anilines is 1. The Bertz CT molecular complexity index is 367. The second-order valence-electron chi connectivity index (χ2n) is 4.59. The van der Waals surface area contributed by atoms with Gasteiger partial charge >= 0.3 is 0 Å². The highest BCUT2D eigenvalue weighted by atomic mass is 15.1. The van der Waals surface area contributed by atoms with Crippen LogP contribution in [-0.2, 0) is 0 Å². The standard InChI is InChI=1S/C16H26N2/c1-6-13(4)18(5)15-11-9-14(10-12-15)16(7-2)17-8-3/h9-12,16-17H,4,6-8H2,1-3,5H3. The zero-order valence-electron chi connectivity index (χ0n) is 12.2. The average Bonchev–Trinajstić information content (AvgIpc) is 2.43. The molecule has 0 spiro atoms. The van der Waals surface area contributed by atoms with E-state index in [-0.39, 0.29) is 0 Å². The fraction of sp³-hybridized carbons (Fsp3) is 0.500. The van der Waals surface area contributed by atoms with Crippen LogP contribution in [0.2, 0.25) is 0 Å². The summed E-state index contributed by atoms with van der Waals surface area (Å²) in [6, 6.07) is 9.24. The lowest BCUT2D eigenvalue weighted by molar-refractivity contribution is 0.537. The Hall–Kier alpha value is -1.28. The molecule has 0 aliphatic carbocycles. The second-order valence-corrected chi connectivity index (χ2v) is 4.59. The molecule has 1 unspecified atom stereocenters. The lowest BCUT2D eigenvalue weighted by Gasteiger charge is -2.22. The predicted octanol–water partition coefficient (Wildman–Crippen LogP) is 4.11. The van der Waals surface area contributed by atoms with E-state index in [0.29, 0.717) is 6.04 Å². The highest BCUT2D eigenvalue weighted by Crippen LogP contribution is 2.22. The third-order valence-corrected chi connectivity index (χ3v) is 3.42. The van der Waals surface area contributed by atoms with E-state index in [9.17, 15) is 0 Å². The van der Waals surface area contributed by atoms with E-state index in [1.165, 1.54) is 11.3 Å². The molecule has 0 saturated heterocycles. The number of nitrogens with zero attached hydrogens (tertiary/aromatic N) is 1. The number of hydrogen-bond acceptors (Lipinski definition) is 2. The van der Waals surface area contributed by atoms with Crippen molar-refractivity contribution >= 4 is 5.69 Å². The Morgan fingerprint density at radius 2 is 1.83 bits per heavy atom. The molecule has 1 aromatic rings. The van der Waals surface area contributed by atoms with Gasteiger partial charge in [-0.05, 0) is 37.1 Å². The largest absolute Gasteiger partial charge is 0.349 e. The topological polar surface area (TPSA) is 15.3 Å². The molecular formula is C16H26N2. The van der Waals surface area contributed by atoms with Crippen LogP contribution in [0.15, 0.2) is 36.5 Å². The second kappa shape index (κ2) is 7.22. The summed E-state index contributed by atoms with van der Waals surface area (Å²) < 4.78 is 0. The molecule has 0 radical (unpaired) electrons. The minimum absolute atomic E-state index is 0.462. The predicted molar refractivity (Wildman–Crippen MR) is 81.0 cm³/mol. The van der Waals surface area contributed by atoms with Crippen molar-refractivity contribution in [2.24, 2.45) is 0 Å². The van der Waals surface area contributed by atoms with Crippen molar-refractivity contribution in [1.82, 2.24) is 5.32 Å². The van der Waals surface area contributed by atoms with Crippen LogP contribution in [0.3, 0.4) is 0 Å². The van der Waals surface area contributed by atoms with Gasteiger partial charge in [-0.2, -0.15) is 0 Å². The summed E-state index contributed by atoms with van der Waals surface area (Å²) in [4.78, 5) is 2.15. The lowest BCUT2D eigenvalue weighted by atomic mass is 10.0. The molecule has 0 aliphatic heterocycles. The van der Waals surface area contributed by atoms with Gasteiger partial charge < -0.3 is 10.2 Å². The molecule has 0 aromatic heterocycles. The molecule has 0 heterocycles. The van der Waals surface area contributed by atoms with Crippen LogP contribution >= 0.6 is 0 Å². The van der Waals surface area contributed by atoms with E-state index in [1.807, 2.05) is 0 Å². The van der Waals surface area contributed by atoms with Crippen LogP contribution in [0, 0.1) is 0 Å². The van der Waals surface area contributed by atoms with Crippen LogP contribution in [0.5, 0.6) is 0 Å². The van der Waals surface area contributed by atoms with Crippen LogP contribution < -0.4 is 10.2 Å². The van der Waals surface area contributed by atoms with Gasteiger partial charge in [0.05, 0.1) is 0 Å². The van der Waals surface area contributed by atoms with Gasteiger partial charge in [-0.15, -0.1) is 0 Å². The maximum Gasteiger partial charge on any atom is 0.0405 e. The molecule has 0 aliphatic rings. The molecule has 1 atom stereocenters. The number of nitrogens with one attached hydrogen (secondary N) is 1. The van der Waals surface area contributed by atoms with Crippen molar-refractivity contribution in [2.75, 3.05) is 18.5 Å². The molecule has 0 amide bonds. The molecule has 1 rings (SSSR count). The van der Waals surface area contributed by atoms with Crippen molar-refractivity contribution in [3.8, 4) is 0 Å². The van der Waals surface area contributed by atoms with Gasteiger partial charge in [0.25, 0.3) is 0 Å². The van der Waals surface area contributed by atoms with E-state index in [0.717, 1.165) is 25.1 Å². The normalized spacial score (nSPS) is 12.2. The summed E-state index contributed by atoms with van der Waals surface area (Å²) in [5.41, 5.74) is 3.71. The quantitative estimate of drug-likeness (QED) is 0.779. The first kappa shape index (κ1) is 14.8. The van der Waals surface area contributed by atoms with E-state index in [2.05, 4.69) is 68.9 Å². The van der Waals surface area contributed by atoms with Crippen molar-refractivity contribution in [3.05, 3.63) is 42.1 Å². The molecule has 0 fully saturated rings. The van der Waals surface area contributed by atoms with Crippen LogP contribution in [0.4, 0.5) is 5.69 Å². The first-order chi connectivity index (χ1) is 8.63. The van der Waals surface area contributed by atoms with Gasteiger partial charge in [-0.25, -0.2) is 0 Å². The SMILES string of the molecule is C=C(CC)N(C)c1ccc(C(CC)NCC)cc1. The van der Waals surface area contributed by atoms with E-state index in [4.69, 9.17) is 0 Å². The summed E-state index contributed by atoms with van der Waals surface area (Å²) in [5, 5.41) is 3.50. The summed E-state index contributed by atoms with van der Waals surface area (Å²) >= 11 is 0. The Balaban J connectivity index is 2.81. The highest BCUT2D eigenvalue weighted by molar-refractivity contribution is 5.51. The van der Waals surface area contributed by atoms with Crippen LogP contribution in [0.1, 0.15) is 45.2 Å². The Morgan fingerprint density at radius 3 is 2.28 bits per heavy atom. The molecule has 18 heavy (non-hydrogen) atoms. The molecule has 1 aromatic carbocycles. The summed E-state index contributed by atoms with van der Waals surface area (Å²) in [5.74, 6) is 0. The monoisotopic (exact) mass is 246 g/mol. The van der Waals surface area contributed by atoms with Crippen LogP contribution in [0.25, 0.3) is 0 Å². The summed E-state index contributed by atoms with van der Waals surface area (Å²) in [6.07, 6.45) is 2.10. The van der Waals surface area contributed by atoms with E-state index >= 15 is 0 Å². The summed E-state index contributed by atoms with van der Waals surface area (Å²) in [6.45, 7) is 11.6. The molecule has 2 nitrogen and oxygen atoms in total. The van der Waals surface area contributed by atoms with Gasteiger partial charge in [0, 0.05) is 24.5 Å². The Kier molecular flexibility index (Phi) is 5.93. The van der Waals surface area contributed by atoms with Gasteiger partial charge in [-0.3, -0.25) is 0 Å². The fourth-order valence-corrected chi connectivity index (χ4v) is 2.09. The van der Waals surface area contributed by atoms with Gasteiger partial charge in [0.1, 0.15) is 0 Å². The first-order valence-electron chi connectivity index (χ1n) is 6.88. The van der Waals surface area contributed by atoms with E-state index in [1.54, 1.807) is 0 Å². The smallest absolute Gasteiger partial charge is 0.0405 e. The maximum atomic E-state index is 4.07. The number of rotatable bonds is 7. The van der Waals surface area contributed by atoms with Gasteiger partial charge in [-0.1, -0.05) is 39.5 Å². The van der Waals surface area contributed by atoms with Crippen molar-refractivity contribution in [3.63, 3.8) is 0 Å². The van der Waals surface area contributed by atoms with Crippen molar-refractivity contribution in [1.29, 1.82) is 0 Å². The zero-order valence-corrected chi connectivity index (χ0v) is 12.2. The van der Waals surface area contributed by atoms with Crippen LogP contribution in [-0.4, -0.2) is 13.6 Å². The molecule has 2 heteroatoms. The molecular weight excluding hydrogens is 220 g/mol. The van der Waals surface area contributed by atoms with Crippen molar-refractivity contribution in [2.45, 2.75) is 39.7 Å². The summed E-state index contributed by atoms with van der Waals surface area (Å²) in [7, 11) is 2.07. The highest BCUT2D eigenvalue weighted by Gasteiger charge is 2.08. The molecule has 0 saturated carbocycles. The number of allylic oxidation sites excluding steroid dienone is 1. The van der Waals surface area contributed by atoms with E-state index < -0.39 is 0 Å². The van der Waals surface area contributed by atoms with Gasteiger partial charge in [0.15, 0.2) is 0 Å². The van der Waals surface area contributed by atoms with Crippen molar-refractivity contribution < 1.29 is 0 Å². The fourth-order valence-electron chi connectivity index (χ4n) is 2.09. The molecule has 0 bridgehead atoms. The first-order valence-corrected chi connectivity index (χ1v) is 6.88. The third-order valence-electron chi connectivity index (χ3n) is 3.42. The zero-order chi connectivity index (χ0) is 13.5. The minimum Gasteiger partial charge on any atom is -0.349 e. The molecule has 1 N–H and O–H groups in total. The number of benzene rings is 1. The Labute approximate surface area is 112 Å². The molecule has 100 valence electrons.